The minimum absolute atomic E-state index is 0.0190. The summed E-state index contributed by atoms with van der Waals surface area (Å²) in [6.45, 7) is 5.80. The molecule has 2 aliphatic rings. The Hall–Kier alpha value is -1.36. The van der Waals surface area contributed by atoms with Crippen molar-refractivity contribution in [2.75, 3.05) is 0 Å². The molecule has 1 aromatic rings. The highest BCUT2D eigenvalue weighted by atomic mass is 79.9. The van der Waals surface area contributed by atoms with Crippen molar-refractivity contribution in [2.45, 2.75) is 58.7 Å². The van der Waals surface area contributed by atoms with Crippen molar-refractivity contribution < 1.29 is 19.1 Å². The fourth-order valence-electron chi connectivity index (χ4n) is 4.15. The molecule has 0 saturated heterocycles. The van der Waals surface area contributed by atoms with E-state index in [2.05, 4.69) is 15.9 Å². The predicted molar refractivity (Wildman–Crippen MR) is 102 cm³/mol. The molecule has 0 heterocycles. The average molecular weight is 423 g/mol. The molecule has 0 radical (unpaired) electrons. The summed E-state index contributed by atoms with van der Waals surface area (Å²) in [5.74, 6) is 0.249. The highest BCUT2D eigenvalue weighted by Gasteiger charge is 2.51. The van der Waals surface area contributed by atoms with E-state index in [1.807, 2.05) is 45.0 Å². The Morgan fingerprint density at radius 3 is 2.38 bits per heavy atom. The zero-order valence-corrected chi connectivity index (χ0v) is 17.2. The molecule has 0 aromatic heterocycles. The van der Waals surface area contributed by atoms with Gasteiger partial charge in [-0.2, -0.15) is 0 Å². The maximum Gasteiger partial charge on any atom is 0.309 e. The number of benzene rings is 1. The fourth-order valence-corrected chi connectivity index (χ4v) is 4.42. The number of carbonyl (C=O) groups excluding carboxylic acids is 2. The van der Waals surface area contributed by atoms with Gasteiger partial charge in [-0.05, 0) is 62.1 Å². The number of hydrogen-bond donors (Lipinski definition) is 0. The van der Waals surface area contributed by atoms with E-state index in [-0.39, 0.29) is 41.9 Å². The number of rotatable bonds is 6. The van der Waals surface area contributed by atoms with Gasteiger partial charge in [-0.1, -0.05) is 41.9 Å². The molecule has 2 saturated carbocycles. The summed E-state index contributed by atoms with van der Waals surface area (Å²) in [6.07, 6.45) is 3.05. The molecule has 3 rings (SSSR count). The van der Waals surface area contributed by atoms with Crippen LogP contribution in [-0.4, -0.2) is 18.0 Å². The van der Waals surface area contributed by atoms with Crippen molar-refractivity contribution in [3.8, 4) is 0 Å². The van der Waals surface area contributed by atoms with Crippen LogP contribution in [0, 0.1) is 23.7 Å². The minimum Gasteiger partial charge on any atom is -0.462 e. The van der Waals surface area contributed by atoms with Gasteiger partial charge in [-0.3, -0.25) is 9.59 Å². The third-order valence-electron chi connectivity index (χ3n) is 6.01. The summed E-state index contributed by atoms with van der Waals surface area (Å²) >= 11 is 3.41. The predicted octanol–water partition coefficient (Wildman–Crippen LogP) is 5.06. The number of hydrogen-bond acceptors (Lipinski definition) is 4. The summed E-state index contributed by atoms with van der Waals surface area (Å²) < 4.78 is 12.4. The monoisotopic (exact) mass is 422 g/mol. The largest absolute Gasteiger partial charge is 0.462 e. The van der Waals surface area contributed by atoms with Gasteiger partial charge in [0.15, 0.2) is 0 Å². The van der Waals surface area contributed by atoms with Crippen molar-refractivity contribution in [3.63, 3.8) is 0 Å². The first-order valence-electron chi connectivity index (χ1n) is 9.55. The van der Waals surface area contributed by atoms with E-state index in [0.29, 0.717) is 5.92 Å². The van der Waals surface area contributed by atoms with E-state index >= 15 is 0 Å². The molecule has 2 bridgehead atoms. The maximum atomic E-state index is 12.6. The summed E-state index contributed by atoms with van der Waals surface area (Å²) in [5.41, 5.74) is 0.991. The van der Waals surface area contributed by atoms with Crippen LogP contribution in [-0.2, 0) is 19.1 Å². The van der Waals surface area contributed by atoms with Gasteiger partial charge in [0.2, 0.25) is 0 Å². The first-order chi connectivity index (χ1) is 12.4. The Morgan fingerprint density at radius 2 is 1.81 bits per heavy atom. The third kappa shape index (κ3) is 4.13. The first kappa shape index (κ1) is 19.4. The van der Waals surface area contributed by atoms with Crippen LogP contribution in [0.4, 0.5) is 0 Å². The van der Waals surface area contributed by atoms with Gasteiger partial charge < -0.3 is 9.47 Å². The summed E-state index contributed by atoms with van der Waals surface area (Å²) in [7, 11) is 0. The lowest BCUT2D eigenvalue weighted by atomic mass is 9.87. The fraction of sp³-hybridized carbons (Fsp3) is 0.619. The van der Waals surface area contributed by atoms with E-state index in [4.69, 9.17) is 9.47 Å². The van der Waals surface area contributed by atoms with Gasteiger partial charge in [-0.15, -0.1) is 0 Å². The Kier molecular flexibility index (Phi) is 6.06. The molecule has 0 amide bonds. The molecular formula is C21H27BrO4. The van der Waals surface area contributed by atoms with Crippen LogP contribution >= 0.6 is 15.9 Å². The second-order valence-corrected chi connectivity index (χ2v) is 8.66. The van der Waals surface area contributed by atoms with E-state index in [9.17, 15) is 9.59 Å². The lowest BCUT2D eigenvalue weighted by Gasteiger charge is -2.28. The van der Waals surface area contributed by atoms with Crippen molar-refractivity contribution >= 4 is 27.9 Å². The highest BCUT2D eigenvalue weighted by Crippen LogP contribution is 2.50. The zero-order chi connectivity index (χ0) is 18.8. The van der Waals surface area contributed by atoms with Crippen LogP contribution in [0.1, 0.15) is 58.1 Å². The van der Waals surface area contributed by atoms with Gasteiger partial charge in [0, 0.05) is 4.47 Å². The number of carbonyl (C=O) groups is 2. The number of esters is 2. The van der Waals surface area contributed by atoms with Crippen LogP contribution in [0.15, 0.2) is 28.7 Å². The van der Waals surface area contributed by atoms with Crippen molar-refractivity contribution in [1.29, 1.82) is 0 Å². The molecule has 5 heteroatoms. The van der Waals surface area contributed by atoms with Gasteiger partial charge in [0.25, 0.3) is 0 Å². The van der Waals surface area contributed by atoms with Crippen LogP contribution in [0.2, 0.25) is 0 Å². The molecule has 2 fully saturated rings. The molecule has 0 spiro atoms. The van der Waals surface area contributed by atoms with Crippen molar-refractivity contribution in [2.24, 2.45) is 23.7 Å². The van der Waals surface area contributed by atoms with E-state index in [1.54, 1.807) is 0 Å². The zero-order valence-electron chi connectivity index (χ0n) is 15.6. The topological polar surface area (TPSA) is 52.6 Å². The lowest BCUT2D eigenvalue weighted by Crippen LogP contribution is -2.32. The van der Waals surface area contributed by atoms with Gasteiger partial charge in [-0.25, -0.2) is 0 Å². The second-order valence-electron chi connectivity index (χ2n) is 7.75. The first-order valence-corrected chi connectivity index (χ1v) is 10.3. The third-order valence-corrected chi connectivity index (χ3v) is 6.54. The van der Waals surface area contributed by atoms with Crippen LogP contribution in [0.5, 0.6) is 0 Å². The normalized spacial score (nSPS) is 29.2. The molecule has 6 unspecified atom stereocenters. The highest BCUT2D eigenvalue weighted by molar-refractivity contribution is 9.10. The Balaban J connectivity index is 1.52. The van der Waals surface area contributed by atoms with Gasteiger partial charge in [0.1, 0.15) is 12.2 Å². The molecule has 26 heavy (non-hydrogen) atoms. The number of halogens is 1. The summed E-state index contributed by atoms with van der Waals surface area (Å²) in [6, 6.07) is 7.83. The Morgan fingerprint density at radius 1 is 1.12 bits per heavy atom. The average Bonchev–Trinajstić information content (AvgIpc) is 3.21. The molecule has 0 aliphatic heterocycles. The van der Waals surface area contributed by atoms with Gasteiger partial charge in [0.05, 0.1) is 11.8 Å². The smallest absolute Gasteiger partial charge is 0.309 e. The molecule has 4 nitrogen and oxygen atoms in total. The van der Waals surface area contributed by atoms with Crippen LogP contribution in [0.3, 0.4) is 0 Å². The Labute approximate surface area is 163 Å². The standard InChI is InChI=1S/C21H27BrO4/c1-4-12(2)20(23)26-19-11-15-9-16(19)10-18(15)21(24)25-13(3)14-5-7-17(22)8-6-14/h5-8,12-13,15-16,18-19H,4,9-11H2,1-3H3. The molecule has 1 aromatic carbocycles. The maximum absolute atomic E-state index is 12.6. The van der Waals surface area contributed by atoms with Crippen LogP contribution in [0.25, 0.3) is 0 Å². The number of ether oxygens (including phenoxy) is 2. The molecule has 0 N–H and O–H groups in total. The second kappa shape index (κ2) is 8.12. The van der Waals surface area contributed by atoms with Crippen molar-refractivity contribution in [1.82, 2.24) is 0 Å². The molecular weight excluding hydrogens is 396 g/mol. The molecule has 142 valence electrons. The van der Waals surface area contributed by atoms with E-state index < -0.39 is 0 Å². The molecule has 2 aliphatic carbocycles. The lowest BCUT2D eigenvalue weighted by molar-refractivity contribution is -0.160. The van der Waals surface area contributed by atoms with Crippen molar-refractivity contribution in [3.05, 3.63) is 34.3 Å². The summed E-state index contributed by atoms with van der Waals surface area (Å²) in [4.78, 5) is 24.7. The molecule has 6 atom stereocenters. The SMILES string of the molecule is CCC(C)C(=O)OC1CC2CC1CC2C(=O)OC(C)c1ccc(Br)cc1. The quantitative estimate of drug-likeness (QED) is 0.601. The summed E-state index contributed by atoms with van der Waals surface area (Å²) in [5, 5.41) is 0. The van der Waals surface area contributed by atoms with E-state index in [0.717, 1.165) is 35.7 Å². The Bertz CT molecular complexity index is 656. The number of fused-ring (bicyclic) bond motifs is 2. The van der Waals surface area contributed by atoms with Crippen LogP contribution < -0.4 is 0 Å². The minimum atomic E-state index is -0.256. The van der Waals surface area contributed by atoms with Gasteiger partial charge >= 0.3 is 11.9 Å². The van der Waals surface area contributed by atoms with E-state index in [1.165, 1.54) is 0 Å².